The first kappa shape index (κ1) is 16.5. The number of hydrogen-bond acceptors (Lipinski definition) is 3. The summed E-state index contributed by atoms with van der Waals surface area (Å²) in [4.78, 5) is 24.4. The van der Waals surface area contributed by atoms with Crippen molar-refractivity contribution in [3.8, 4) is 0 Å². The molecule has 3 rings (SSSR count). The SMILES string of the molecule is Cc1cc2c(cc1C)N[C@@H](CC(=O)Nc1ccc(Br)cc1)C(=O)N2. The lowest BCUT2D eigenvalue weighted by Gasteiger charge is -2.27. The van der Waals surface area contributed by atoms with Gasteiger partial charge < -0.3 is 16.0 Å². The molecule has 0 fully saturated rings. The normalized spacial score (nSPS) is 16.0. The molecule has 0 unspecified atom stereocenters. The van der Waals surface area contributed by atoms with Crippen molar-refractivity contribution in [2.45, 2.75) is 26.3 Å². The van der Waals surface area contributed by atoms with E-state index in [1.54, 1.807) is 12.1 Å². The number of nitrogens with one attached hydrogen (secondary N) is 3. The third-order valence-corrected chi connectivity index (χ3v) is 4.58. The van der Waals surface area contributed by atoms with E-state index in [4.69, 9.17) is 0 Å². The van der Waals surface area contributed by atoms with Crippen LogP contribution < -0.4 is 16.0 Å². The molecule has 124 valence electrons. The molecule has 0 bridgehead atoms. The fourth-order valence-electron chi connectivity index (χ4n) is 2.59. The molecule has 2 aromatic rings. The summed E-state index contributed by atoms with van der Waals surface area (Å²) in [5, 5.41) is 8.83. The molecule has 3 N–H and O–H groups in total. The van der Waals surface area contributed by atoms with Gasteiger partial charge in [0, 0.05) is 10.2 Å². The molecule has 6 heteroatoms. The summed E-state index contributed by atoms with van der Waals surface area (Å²) in [6.45, 7) is 4.02. The van der Waals surface area contributed by atoms with Gasteiger partial charge in [0.2, 0.25) is 11.8 Å². The summed E-state index contributed by atoms with van der Waals surface area (Å²) in [5.74, 6) is -0.408. The van der Waals surface area contributed by atoms with Crippen LogP contribution in [0.5, 0.6) is 0 Å². The maximum absolute atomic E-state index is 12.2. The first-order chi connectivity index (χ1) is 11.4. The Hall–Kier alpha value is -2.34. The van der Waals surface area contributed by atoms with Gasteiger partial charge in [0.25, 0.3) is 0 Å². The second-order valence-electron chi connectivity index (χ2n) is 5.93. The van der Waals surface area contributed by atoms with Gasteiger partial charge in [0.15, 0.2) is 0 Å². The topological polar surface area (TPSA) is 70.2 Å². The second-order valence-corrected chi connectivity index (χ2v) is 6.84. The van der Waals surface area contributed by atoms with Crippen LogP contribution in [0.3, 0.4) is 0 Å². The fraction of sp³-hybridized carbons (Fsp3) is 0.222. The monoisotopic (exact) mass is 387 g/mol. The second kappa shape index (κ2) is 6.65. The van der Waals surface area contributed by atoms with Crippen LogP contribution in [0.4, 0.5) is 17.1 Å². The largest absolute Gasteiger partial charge is 0.372 e. The number of carbonyl (C=O) groups excluding carboxylic acids is 2. The minimum absolute atomic E-state index is 0.0638. The Morgan fingerprint density at radius 1 is 1.12 bits per heavy atom. The third-order valence-electron chi connectivity index (χ3n) is 4.06. The number of fused-ring (bicyclic) bond motifs is 1. The van der Waals surface area contributed by atoms with Gasteiger partial charge in [0.05, 0.1) is 17.8 Å². The zero-order valence-electron chi connectivity index (χ0n) is 13.4. The van der Waals surface area contributed by atoms with Crippen LogP contribution in [0.15, 0.2) is 40.9 Å². The maximum Gasteiger partial charge on any atom is 0.247 e. The number of carbonyl (C=O) groups is 2. The molecule has 0 aromatic heterocycles. The highest BCUT2D eigenvalue weighted by Crippen LogP contribution is 2.30. The number of aryl methyl sites for hydroxylation is 2. The van der Waals surface area contributed by atoms with Gasteiger partial charge >= 0.3 is 0 Å². The number of halogens is 1. The predicted octanol–water partition coefficient (Wildman–Crippen LogP) is 3.83. The zero-order valence-corrected chi connectivity index (χ0v) is 15.0. The summed E-state index contributed by atoms with van der Waals surface area (Å²) < 4.78 is 0.941. The van der Waals surface area contributed by atoms with E-state index in [1.165, 1.54) is 0 Å². The van der Waals surface area contributed by atoms with Crippen molar-refractivity contribution < 1.29 is 9.59 Å². The third kappa shape index (κ3) is 3.59. The van der Waals surface area contributed by atoms with E-state index >= 15 is 0 Å². The molecular weight excluding hydrogens is 370 g/mol. The van der Waals surface area contributed by atoms with Crippen molar-refractivity contribution in [2.75, 3.05) is 16.0 Å². The van der Waals surface area contributed by atoms with Crippen molar-refractivity contribution in [2.24, 2.45) is 0 Å². The summed E-state index contributed by atoms with van der Waals surface area (Å²) in [5.41, 5.74) is 4.55. The summed E-state index contributed by atoms with van der Waals surface area (Å²) in [6.07, 6.45) is 0.0638. The van der Waals surface area contributed by atoms with Crippen molar-refractivity contribution >= 4 is 44.8 Å². The molecule has 1 atom stereocenters. The molecule has 0 aliphatic carbocycles. The van der Waals surface area contributed by atoms with E-state index in [9.17, 15) is 9.59 Å². The van der Waals surface area contributed by atoms with E-state index in [0.29, 0.717) is 5.69 Å². The van der Waals surface area contributed by atoms with Gasteiger partial charge in [-0.15, -0.1) is 0 Å². The average Bonchev–Trinajstić information content (AvgIpc) is 2.52. The highest BCUT2D eigenvalue weighted by Gasteiger charge is 2.27. The molecule has 1 aliphatic rings. The minimum atomic E-state index is -0.588. The summed E-state index contributed by atoms with van der Waals surface area (Å²) >= 11 is 3.35. The Morgan fingerprint density at radius 2 is 1.75 bits per heavy atom. The Morgan fingerprint density at radius 3 is 2.42 bits per heavy atom. The van der Waals surface area contributed by atoms with Gasteiger partial charge in [-0.25, -0.2) is 0 Å². The lowest BCUT2D eigenvalue weighted by Crippen LogP contribution is -2.41. The highest BCUT2D eigenvalue weighted by molar-refractivity contribution is 9.10. The number of benzene rings is 2. The molecule has 0 saturated carbocycles. The molecule has 2 aromatic carbocycles. The number of amides is 2. The standard InChI is InChI=1S/C18H18BrN3O2/c1-10-7-14-15(8-11(10)2)22-18(24)16(21-14)9-17(23)20-13-5-3-12(19)4-6-13/h3-8,16,21H,9H2,1-2H3,(H,20,23)(H,22,24)/t16-/m0/s1. The molecule has 1 aliphatic heterocycles. The summed E-state index contributed by atoms with van der Waals surface area (Å²) in [7, 11) is 0. The highest BCUT2D eigenvalue weighted by atomic mass is 79.9. The first-order valence-corrected chi connectivity index (χ1v) is 8.46. The van der Waals surface area contributed by atoms with E-state index in [2.05, 4.69) is 31.9 Å². The maximum atomic E-state index is 12.2. The van der Waals surface area contributed by atoms with E-state index in [-0.39, 0.29) is 18.2 Å². The predicted molar refractivity (Wildman–Crippen MR) is 99.3 cm³/mol. The zero-order chi connectivity index (χ0) is 17.3. The number of anilines is 3. The molecular formula is C18H18BrN3O2. The van der Waals surface area contributed by atoms with Crippen molar-refractivity contribution in [1.82, 2.24) is 0 Å². The number of hydrogen-bond donors (Lipinski definition) is 3. The quantitative estimate of drug-likeness (QED) is 0.749. The van der Waals surface area contributed by atoms with Crippen molar-refractivity contribution in [3.63, 3.8) is 0 Å². The van der Waals surface area contributed by atoms with Crippen LogP contribution in [0.25, 0.3) is 0 Å². The Labute approximate surface area is 149 Å². The van der Waals surface area contributed by atoms with E-state index in [1.807, 2.05) is 38.1 Å². The molecule has 0 spiro atoms. The lowest BCUT2D eigenvalue weighted by atomic mass is 10.0. The van der Waals surface area contributed by atoms with Crippen LogP contribution in [0, 0.1) is 13.8 Å². The molecule has 0 radical (unpaired) electrons. The fourth-order valence-corrected chi connectivity index (χ4v) is 2.85. The first-order valence-electron chi connectivity index (χ1n) is 7.66. The van der Waals surface area contributed by atoms with Gasteiger partial charge in [-0.1, -0.05) is 15.9 Å². The molecule has 24 heavy (non-hydrogen) atoms. The summed E-state index contributed by atoms with van der Waals surface area (Å²) in [6, 6.07) is 10.6. The van der Waals surface area contributed by atoms with Gasteiger partial charge in [-0.05, 0) is 61.4 Å². The Bertz CT molecular complexity index is 803. The van der Waals surface area contributed by atoms with Crippen LogP contribution in [0.1, 0.15) is 17.5 Å². The van der Waals surface area contributed by atoms with Crippen LogP contribution in [-0.4, -0.2) is 17.9 Å². The lowest BCUT2D eigenvalue weighted by molar-refractivity contribution is -0.122. The number of rotatable bonds is 3. The van der Waals surface area contributed by atoms with Crippen LogP contribution in [0.2, 0.25) is 0 Å². The van der Waals surface area contributed by atoms with E-state index in [0.717, 1.165) is 27.0 Å². The van der Waals surface area contributed by atoms with Crippen molar-refractivity contribution in [3.05, 3.63) is 52.0 Å². The van der Waals surface area contributed by atoms with E-state index < -0.39 is 6.04 Å². The van der Waals surface area contributed by atoms with Crippen LogP contribution >= 0.6 is 15.9 Å². The Kier molecular flexibility index (Phi) is 4.57. The molecule has 2 amide bonds. The smallest absolute Gasteiger partial charge is 0.247 e. The molecule has 0 saturated heterocycles. The van der Waals surface area contributed by atoms with Gasteiger partial charge in [0.1, 0.15) is 6.04 Å². The average molecular weight is 388 g/mol. The van der Waals surface area contributed by atoms with Crippen molar-refractivity contribution in [1.29, 1.82) is 0 Å². The minimum Gasteiger partial charge on any atom is -0.372 e. The Balaban J connectivity index is 1.68. The van der Waals surface area contributed by atoms with Gasteiger partial charge in [-0.3, -0.25) is 9.59 Å². The van der Waals surface area contributed by atoms with Crippen LogP contribution in [-0.2, 0) is 9.59 Å². The molecule has 1 heterocycles. The van der Waals surface area contributed by atoms with Gasteiger partial charge in [-0.2, -0.15) is 0 Å². The molecule has 5 nitrogen and oxygen atoms in total.